The van der Waals surface area contributed by atoms with Crippen molar-refractivity contribution in [1.29, 1.82) is 5.26 Å². The number of hydrogen-bond acceptors (Lipinski definition) is 6. The van der Waals surface area contributed by atoms with Crippen molar-refractivity contribution in [2.75, 3.05) is 38.6 Å². The molecule has 1 aliphatic rings. The second-order valence-corrected chi connectivity index (χ2v) is 8.04. The summed E-state index contributed by atoms with van der Waals surface area (Å²) in [7, 11) is 1.37. The van der Waals surface area contributed by atoms with Gasteiger partial charge in [-0.25, -0.2) is 4.79 Å². The van der Waals surface area contributed by atoms with Crippen molar-refractivity contribution in [3.8, 4) is 6.19 Å². The summed E-state index contributed by atoms with van der Waals surface area (Å²) in [6.07, 6.45) is 4.01. The van der Waals surface area contributed by atoms with Crippen molar-refractivity contribution in [3.63, 3.8) is 0 Å². The molecule has 0 aliphatic carbocycles. The molecule has 0 aromatic heterocycles. The van der Waals surface area contributed by atoms with Crippen molar-refractivity contribution in [2.45, 2.75) is 39.2 Å². The lowest BCUT2D eigenvalue weighted by Crippen LogP contribution is -2.46. The van der Waals surface area contributed by atoms with Crippen LogP contribution in [0.5, 0.6) is 0 Å². The van der Waals surface area contributed by atoms with Gasteiger partial charge < -0.3 is 10.1 Å². The molecule has 0 saturated carbocycles. The van der Waals surface area contributed by atoms with Gasteiger partial charge in [0, 0.05) is 24.8 Å². The summed E-state index contributed by atoms with van der Waals surface area (Å²) in [5.74, 6) is -0.728. The zero-order chi connectivity index (χ0) is 22.8. The average molecular weight is 430 g/mol. The molecule has 0 radical (unpaired) electrons. The van der Waals surface area contributed by atoms with Crippen LogP contribution in [0.1, 0.15) is 43.5 Å². The van der Waals surface area contributed by atoms with Crippen LogP contribution in [-0.4, -0.2) is 67.0 Å². The summed E-state index contributed by atoms with van der Waals surface area (Å²) in [6, 6.07) is 5.51. The Labute approximate surface area is 183 Å². The zero-order valence-corrected chi connectivity index (χ0v) is 18.4. The largest absolute Gasteiger partial charge is 0.448 e. The topological polar surface area (TPSA) is 115 Å². The summed E-state index contributed by atoms with van der Waals surface area (Å²) in [6.45, 7) is 7.02. The monoisotopic (exact) mass is 429 g/mol. The van der Waals surface area contributed by atoms with Crippen LogP contribution in [0.4, 0.5) is 10.5 Å². The molecule has 0 spiro atoms. The number of nitrogens with one attached hydrogen (secondary N) is 2. The highest BCUT2D eigenvalue weighted by Crippen LogP contribution is 2.13. The van der Waals surface area contributed by atoms with E-state index in [1.807, 2.05) is 13.8 Å². The van der Waals surface area contributed by atoms with E-state index >= 15 is 0 Å². The van der Waals surface area contributed by atoms with Crippen LogP contribution in [0.25, 0.3) is 0 Å². The van der Waals surface area contributed by atoms with Crippen LogP contribution in [0.3, 0.4) is 0 Å². The van der Waals surface area contributed by atoms with Crippen LogP contribution < -0.4 is 10.6 Å². The first kappa shape index (κ1) is 24.2. The third-order valence-electron chi connectivity index (χ3n) is 5.02. The van der Waals surface area contributed by atoms with Gasteiger partial charge in [0.25, 0.3) is 11.8 Å². The molecule has 1 saturated heterocycles. The Balaban J connectivity index is 1.87. The molecule has 1 fully saturated rings. The SMILES string of the molecule is CC(C)CC(NC(=O)c1ccc(NC(=O)OCCN2CCCC2)cc1)C(=O)N(C)C#N. The summed E-state index contributed by atoms with van der Waals surface area (Å²) >= 11 is 0. The van der Waals surface area contributed by atoms with Crippen molar-refractivity contribution in [2.24, 2.45) is 5.92 Å². The van der Waals surface area contributed by atoms with Gasteiger partial charge in [0.05, 0.1) is 0 Å². The van der Waals surface area contributed by atoms with E-state index in [0.29, 0.717) is 24.3 Å². The number of amides is 3. The van der Waals surface area contributed by atoms with Gasteiger partial charge in [0.1, 0.15) is 12.6 Å². The van der Waals surface area contributed by atoms with Gasteiger partial charge in [-0.1, -0.05) is 13.8 Å². The number of anilines is 1. The molecule has 1 aliphatic heterocycles. The van der Waals surface area contributed by atoms with E-state index in [2.05, 4.69) is 15.5 Å². The number of nitriles is 1. The smallest absolute Gasteiger partial charge is 0.411 e. The number of likely N-dealkylation sites (tertiary alicyclic amines) is 1. The molecule has 2 N–H and O–H groups in total. The Hall–Kier alpha value is -3.12. The molecule has 31 heavy (non-hydrogen) atoms. The molecule has 1 unspecified atom stereocenters. The molecule has 9 nitrogen and oxygen atoms in total. The molecule has 1 aromatic carbocycles. The molecule has 2 rings (SSSR count). The zero-order valence-electron chi connectivity index (χ0n) is 18.4. The van der Waals surface area contributed by atoms with Crippen LogP contribution in [0.2, 0.25) is 0 Å². The fraction of sp³-hybridized carbons (Fsp3) is 0.545. The van der Waals surface area contributed by atoms with E-state index in [-0.39, 0.29) is 5.92 Å². The third-order valence-corrected chi connectivity index (χ3v) is 5.02. The Morgan fingerprint density at radius 3 is 2.42 bits per heavy atom. The molecule has 168 valence electrons. The van der Waals surface area contributed by atoms with E-state index in [0.717, 1.165) is 24.5 Å². The van der Waals surface area contributed by atoms with Gasteiger partial charge in [-0.2, -0.15) is 5.26 Å². The number of carbonyl (C=O) groups excluding carboxylic acids is 3. The minimum absolute atomic E-state index is 0.157. The number of ether oxygens (including phenoxy) is 1. The van der Waals surface area contributed by atoms with E-state index in [1.54, 1.807) is 30.5 Å². The van der Waals surface area contributed by atoms with Gasteiger partial charge in [-0.3, -0.25) is 24.7 Å². The first-order valence-electron chi connectivity index (χ1n) is 10.5. The molecule has 1 atom stereocenters. The molecule has 3 amide bonds. The molecule has 1 aromatic rings. The molecule has 0 bridgehead atoms. The molecule has 1 heterocycles. The number of nitrogens with zero attached hydrogens (tertiary/aromatic N) is 3. The molecule has 9 heteroatoms. The van der Waals surface area contributed by atoms with Crippen LogP contribution in [-0.2, 0) is 9.53 Å². The van der Waals surface area contributed by atoms with E-state index < -0.39 is 23.9 Å². The van der Waals surface area contributed by atoms with Gasteiger partial charge in [-0.05, 0) is 62.5 Å². The predicted octanol–water partition coefficient (Wildman–Crippen LogP) is 2.41. The fourth-order valence-electron chi connectivity index (χ4n) is 3.35. The second-order valence-electron chi connectivity index (χ2n) is 8.04. The molecular weight excluding hydrogens is 398 g/mol. The van der Waals surface area contributed by atoms with E-state index in [1.165, 1.54) is 19.9 Å². The maximum Gasteiger partial charge on any atom is 0.411 e. The number of benzene rings is 1. The minimum Gasteiger partial charge on any atom is -0.448 e. The maximum absolute atomic E-state index is 12.6. The van der Waals surface area contributed by atoms with Crippen LogP contribution in [0.15, 0.2) is 24.3 Å². The first-order chi connectivity index (χ1) is 14.8. The van der Waals surface area contributed by atoms with Crippen LogP contribution in [0, 0.1) is 17.4 Å². The lowest BCUT2D eigenvalue weighted by Gasteiger charge is -2.21. The Bertz CT molecular complexity index is 797. The number of rotatable bonds is 9. The number of carbonyl (C=O) groups is 3. The van der Waals surface area contributed by atoms with Gasteiger partial charge in [-0.15, -0.1) is 0 Å². The van der Waals surface area contributed by atoms with Crippen LogP contribution >= 0.6 is 0 Å². The summed E-state index contributed by atoms with van der Waals surface area (Å²) in [5.41, 5.74) is 0.843. The summed E-state index contributed by atoms with van der Waals surface area (Å²) in [4.78, 5) is 40.0. The summed E-state index contributed by atoms with van der Waals surface area (Å²) in [5, 5.41) is 14.3. The van der Waals surface area contributed by atoms with Crippen molar-refractivity contribution in [3.05, 3.63) is 29.8 Å². The highest BCUT2D eigenvalue weighted by atomic mass is 16.5. The lowest BCUT2D eigenvalue weighted by molar-refractivity contribution is -0.129. The Morgan fingerprint density at radius 1 is 1.19 bits per heavy atom. The predicted molar refractivity (Wildman–Crippen MR) is 116 cm³/mol. The molecular formula is C22H31N5O4. The minimum atomic E-state index is -0.791. The van der Waals surface area contributed by atoms with Gasteiger partial charge in [0.15, 0.2) is 6.19 Å². The highest BCUT2D eigenvalue weighted by Gasteiger charge is 2.25. The fourth-order valence-corrected chi connectivity index (χ4v) is 3.35. The number of hydrogen-bond donors (Lipinski definition) is 2. The van der Waals surface area contributed by atoms with E-state index in [9.17, 15) is 14.4 Å². The normalized spacial score (nSPS) is 14.5. The van der Waals surface area contributed by atoms with Gasteiger partial charge in [0.2, 0.25) is 0 Å². The standard InChI is InChI=1S/C22H31N5O4/c1-16(2)14-19(21(29)26(3)15-23)25-20(28)17-6-8-18(9-7-17)24-22(30)31-13-12-27-10-4-5-11-27/h6-9,16,19H,4-5,10-14H2,1-3H3,(H,24,30)(H,25,28). The first-order valence-corrected chi connectivity index (χ1v) is 10.5. The average Bonchev–Trinajstić information content (AvgIpc) is 3.25. The lowest BCUT2D eigenvalue weighted by atomic mass is 10.0. The Kier molecular flexibility index (Phi) is 9.28. The van der Waals surface area contributed by atoms with Gasteiger partial charge >= 0.3 is 6.09 Å². The van der Waals surface area contributed by atoms with Crippen molar-refractivity contribution in [1.82, 2.24) is 15.1 Å². The maximum atomic E-state index is 12.6. The van der Waals surface area contributed by atoms with Crippen molar-refractivity contribution >= 4 is 23.6 Å². The summed E-state index contributed by atoms with van der Waals surface area (Å²) < 4.78 is 5.20. The van der Waals surface area contributed by atoms with Crippen molar-refractivity contribution < 1.29 is 19.1 Å². The quantitative estimate of drug-likeness (QED) is 0.460. The highest BCUT2D eigenvalue weighted by molar-refractivity contribution is 5.98. The third kappa shape index (κ3) is 7.90. The second kappa shape index (κ2) is 11.9. The number of likely N-dealkylation sites (N-methyl/N-ethyl adjacent to an activating group) is 1. The Morgan fingerprint density at radius 2 is 1.84 bits per heavy atom. The van der Waals surface area contributed by atoms with E-state index in [4.69, 9.17) is 10.00 Å².